The van der Waals surface area contributed by atoms with Gasteiger partial charge in [0.15, 0.2) is 5.96 Å². The zero-order chi connectivity index (χ0) is 21.5. The van der Waals surface area contributed by atoms with Gasteiger partial charge in [-0.15, -0.1) is 0 Å². The third-order valence-corrected chi connectivity index (χ3v) is 6.16. The van der Waals surface area contributed by atoms with Crippen molar-refractivity contribution in [2.24, 2.45) is 4.99 Å². The van der Waals surface area contributed by atoms with E-state index in [1.54, 1.807) is 7.11 Å². The molecule has 1 aliphatic heterocycles. The van der Waals surface area contributed by atoms with E-state index in [9.17, 15) is 0 Å². The molecule has 7 nitrogen and oxygen atoms in total. The van der Waals surface area contributed by atoms with Gasteiger partial charge in [0, 0.05) is 51.0 Å². The van der Waals surface area contributed by atoms with Crippen LogP contribution in [0.5, 0.6) is 17.4 Å². The van der Waals surface area contributed by atoms with Gasteiger partial charge in [0.25, 0.3) is 0 Å². The molecule has 7 heteroatoms. The Morgan fingerprint density at radius 3 is 2.55 bits per heavy atom. The number of hydrogen-bond acceptors (Lipinski definition) is 5. The van der Waals surface area contributed by atoms with Crippen LogP contribution in [0.4, 0.5) is 0 Å². The van der Waals surface area contributed by atoms with E-state index in [4.69, 9.17) is 9.47 Å². The van der Waals surface area contributed by atoms with Crippen molar-refractivity contribution in [2.45, 2.75) is 50.7 Å². The van der Waals surface area contributed by atoms with Gasteiger partial charge in [-0.2, -0.15) is 0 Å². The normalized spacial score (nSPS) is 20.1. The lowest BCUT2D eigenvalue weighted by Gasteiger charge is -2.24. The second-order valence-corrected chi connectivity index (χ2v) is 8.27. The van der Waals surface area contributed by atoms with Crippen molar-refractivity contribution >= 4 is 5.96 Å². The van der Waals surface area contributed by atoms with Crippen LogP contribution in [0, 0.1) is 0 Å². The van der Waals surface area contributed by atoms with Gasteiger partial charge in [0.2, 0.25) is 5.88 Å². The number of likely N-dealkylation sites (tertiary alicyclic amines) is 1. The highest BCUT2D eigenvalue weighted by Gasteiger charge is 2.30. The number of ether oxygens (including phenoxy) is 2. The van der Waals surface area contributed by atoms with E-state index >= 15 is 0 Å². The van der Waals surface area contributed by atoms with Crippen molar-refractivity contribution < 1.29 is 9.47 Å². The molecule has 0 radical (unpaired) electrons. The fourth-order valence-corrected chi connectivity index (χ4v) is 4.42. The van der Waals surface area contributed by atoms with Crippen LogP contribution < -0.4 is 20.1 Å². The van der Waals surface area contributed by atoms with Gasteiger partial charge in [-0.05, 0) is 49.1 Å². The van der Waals surface area contributed by atoms with E-state index in [1.807, 2.05) is 49.6 Å². The molecule has 2 N–H and O–H groups in total. The third-order valence-electron chi connectivity index (χ3n) is 6.16. The molecule has 1 saturated heterocycles. The van der Waals surface area contributed by atoms with Gasteiger partial charge in [0.1, 0.15) is 11.5 Å². The maximum atomic E-state index is 5.79. The van der Waals surface area contributed by atoms with Crippen molar-refractivity contribution in [3.63, 3.8) is 0 Å². The average molecular weight is 424 g/mol. The lowest BCUT2D eigenvalue weighted by molar-refractivity contribution is 0.242. The largest absolute Gasteiger partial charge is 0.497 e. The molecule has 2 aromatic rings. The van der Waals surface area contributed by atoms with Crippen LogP contribution in [0.1, 0.15) is 37.7 Å². The average Bonchev–Trinajstić information content (AvgIpc) is 3.50. The van der Waals surface area contributed by atoms with Gasteiger partial charge in [-0.1, -0.05) is 18.9 Å². The number of pyridine rings is 1. The highest BCUT2D eigenvalue weighted by molar-refractivity contribution is 5.80. The summed E-state index contributed by atoms with van der Waals surface area (Å²) in [4.78, 5) is 11.5. The maximum Gasteiger partial charge on any atom is 0.219 e. The molecule has 1 aliphatic carbocycles. The molecule has 2 fully saturated rings. The summed E-state index contributed by atoms with van der Waals surface area (Å²) in [6, 6.07) is 12.6. The molecule has 1 unspecified atom stereocenters. The van der Waals surface area contributed by atoms with Crippen molar-refractivity contribution in [3.05, 3.63) is 48.2 Å². The Morgan fingerprint density at radius 2 is 1.87 bits per heavy atom. The van der Waals surface area contributed by atoms with Crippen LogP contribution in [0.2, 0.25) is 0 Å². The molecule has 1 saturated carbocycles. The molecule has 31 heavy (non-hydrogen) atoms. The lowest BCUT2D eigenvalue weighted by Crippen LogP contribution is -2.45. The van der Waals surface area contributed by atoms with Gasteiger partial charge in [0.05, 0.1) is 7.11 Å². The molecule has 2 aliphatic rings. The molecule has 0 spiro atoms. The summed E-state index contributed by atoms with van der Waals surface area (Å²) in [7, 11) is 3.47. The predicted octanol–water partition coefficient (Wildman–Crippen LogP) is 3.56. The Balaban J connectivity index is 1.23. The van der Waals surface area contributed by atoms with Crippen LogP contribution in [0.3, 0.4) is 0 Å². The van der Waals surface area contributed by atoms with E-state index in [0.717, 1.165) is 35.6 Å². The molecule has 1 atom stereocenters. The number of benzene rings is 1. The van der Waals surface area contributed by atoms with Gasteiger partial charge >= 0.3 is 0 Å². The Hall–Kier alpha value is -2.80. The Kier molecular flexibility index (Phi) is 7.25. The summed E-state index contributed by atoms with van der Waals surface area (Å²) in [5.74, 6) is 2.94. The zero-order valence-corrected chi connectivity index (χ0v) is 18.5. The Bertz CT molecular complexity index is 847. The Labute approximate surface area is 184 Å². The van der Waals surface area contributed by atoms with Crippen molar-refractivity contribution in [3.8, 4) is 17.4 Å². The highest BCUT2D eigenvalue weighted by atomic mass is 16.5. The first kappa shape index (κ1) is 21.4. The van der Waals surface area contributed by atoms with Crippen LogP contribution in [0.15, 0.2) is 47.6 Å². The van der Waals surface area contributed by atoms with Crippen LogP contribution in [-0.2, 0) is 6.54 Å². The fraction of sp³-hybridized carbons (Fsp3) is 0.500. The second kappa shape index (κ2) is 10.5. The first-order valence-corrected chi connectivity index (χ1v) is 11.2. The topological polar surface area (TPSA) is 71.0 Å². The number of methoxy groups -OCH3 is 1. The minimum absolute atomic E-state index is 0.463. The third kappa shape index (κ3) is 5.88. The molecule has 4 rings (SSSR count). The van der Waals surface area contributed by atoms with E-state index < -0.39 is 0 Å². The zero-order valence-electron chi connectivity index (χ0n) is 18.5. The summed E-state index contributed by atoms with van der Waals surface area (Å²) >= 11 is 0. The summed E-state index contributed by atoms with van der Waals surface area (Å²) in [5.41, 5.74) is 1.07. The van der Waals surface area contributed by atoms with E-state index in [1.165, 1.54) is 38.6 Å². The van der Waals surface area contributed by atoms with E-state index in [2.05, 4.69) is 25.5 Å². The number of hydrogen-bond donors (Lipinski definition) is 2. The summed E-state index contributed by atoms with van der Waals surface area (Å²) in [6.07, 6.45) is 8.52. The van der Waals surface area contributed by atoms with Gasteiger partial charge < -0.3 is 20.1 Å². The Morgan fingerprint density at radius 1 is 1.10 bits per heavy atom. The highest BCUT2D eigenvalue weighted by Crippen LogP contribution is 2.26. The first-order chi connectivity index (χ1) is 15.2. The summed E-state index contributed by atoms with van der Waals surface area (Å²) in [5, 5.41) is 6.99. The monoisotopic (exact) mass is 423 g/mol. The molecule has 1 aromatic heterocycles. The molecule has 1 aromatic carbocycles. The number of rotatable bonds is 7. The molecular weight excluding hydrogens is 390 g/mol. The molecular formula is C24H33N5O2. The number of aromatic nitrogens is 1. The van der Waals surface area contributed by atoms with Crippen molar-refractivity contribution in [1.29, 1.82) is 0 Å². The number of nitrogens with one attached hydrogen (secondary N) is 2. The van der Waals surface area contributed by atoms with Crippen molar-refractivity contribution in [2.75, 3.05) is 27.2 Å². The molecule has 166 valence electrons. The maximum absolute atomic E-state index is 5.79. The van der Waals surface area contributed by atoms with Gasteiger partial charge in [-0.25, -0.2) is 4.98 Å². The standard InChI is InChI=1S/C24H33N5O2/c1-25-24(28-19-13-14-29(17-19)20-5-3-4-6-20)27-16-18-7-12-23(26-15-18)31-22-10-8-21(30-2)9-11-22/h7-12,15,19-20H,3-6,13-14,16-17H2,1-2H3,(H2,25,27,28). The van der Waals surface area contributed by atoms with E-state index in [0.29, 0.717) is 18.5 Å². The number of guanidine groups is 1. The van der Waals surface area contributed by atoms with Crippen LogP contribution in [-0.4, -0.2) is 55.2 Å². The van der Waals surface area contributed by atoms with Gasteiger partial charge in [-0.3, -0.25) is 9.89 Å². The smallest absolute Gasteiger partial charge is 0.219 e. The van der Waals surface area contributed by atoms with Crippen molar-refractivity contribution in [1.82, 2.24) is 20.5 Å². The molecule has 2 heterocycles. The lowest BCUT2D eigenvalue weighted by atomic mass is 10.2. The minimum atomic E-state index is 0.463. The summed E-state index contributed by atoms with van der Waals surface area (Å²) in [6.45, 7) is 2.97. The minimum Gasteiger partial charge on any atom is -0.497 e. The predicted molar refractivity (Wildman–Crippen MR) is 123 cm³/mol. The van der Waals surface area contributed by atoms with E-state index in [-0.39, 0.29) is 0 Å². The SMILES string of the molecule is CN=C(NCc1ccc(Oc2ccc(OC)cc2)nc1)NC1CCN(C2CCCC2)C1. The van der Waals surface area contributed by atoms with Crippen LogP contribution >= 0.6 is 0 Å². The second-order valence-electron chi connectivity index (χ2n) is 8.27. The quantitative estimate of drug-likeness (QED) is 0.524. The molecule has 0 bridgehead atoms. The number of aliphatic imine (C=N–C) groups is 1. The number of nitrogens with zero attached hydrogens (tertiary/aromatic N) is 3. The summed E-state index contributed by atoms with van der Waals surface area (Å²) < 4.78 is 11.0. The first-order valence-electron chi connectivity index (χ1n) is 11.2. The van der Waals surface area contributed by atoms with Crippen LogP contribution in [0.25, 0.3) is 0 Å². The molecule has 0 amide bonds. The fourth-order valence-electron chi connectivity index (χ4n) is 4.42.